The minimum absolute atomic E-state index is 0.140. The van der Waals surface area contributed by atoms with Gasteiger partial charge >= 0.3 is 6.30 Å². The summed E-state index contributed by atoms with van der Waals surface area (Å²) in [7, 11) is 7.27. The minimum Gasteiger partial charge on any atom is -0.340 e. The molecule has 0 saturated heterocycles. The molecule has 1 aliphatic rings. The van der Waals surface area contributed by atoms with Crippen LogP contribution in [0.5, 0.6) is 0 Å². The summed E-state index contributed by atoms with van der Waals surface area (Å²) in [5, 5.41) is 23.0. The van der Waals surface area contributed by atoms with E-state index in [0.29, 0.717) is 13.1 Å². The van der Waals surface area contributed by atoms with E-state index in [1.165, 1.54) is 0 Å². The van der Waals surface area contributed by atoms with Crippen LogP contribution >= 0.6 is 0 Å². The van der Waals surface area contributed by atoms with E-state index in [4.69, 9.17) is 0 Å². The van der Waals surface area contributed by atoms with Gasteiger partial charge in [0.25, 0.3) is 11.4 Å². The smallest absolute Gasteiger partial charge is 0.340 e. The highest BCUT2D eigenvalue weighted by atomic mass is 19.4. The lowest BCUT2D eigenvalue weighted by molar-refractivity contribution is -0.858. The van der Waals surface area contributed by atoms with Gasteiger partial charge in [0.15, 0.2) is 0 Å². The lowest BCUT2D eigenvalue weighted by atomic mass is 10.1. The summed E-state index contributed by atoms with van der Waals surface area (Å²) in [4.78, 5) is 22.9. The summed E-state index contributed by atoms with van der Waals surface area (Å²) in [5.41, 5.74) is -2.68. The topological polar surface area (TPSA) is 98.4 Å². The Morgan fingerprint density at radius 3 is 1.45 bits per heavy atom. The molecule has 0 radical (unpaired) electrons. The maximum Gasteiger partial charge on any atom is 0.489 e. The second-order valence-corrected chi connectivity index (χ2v) is 7.44. The Morgan fingerprint density at radius 1 is 0.862 bits per heavy atom. The second-order valence-electron chi connectivity index (χ2n) is 7.44. The van der Waals surface area contributed by atoms with Gasteiger partial charge in [-0.05, 0) is 0 Å². The molecule has 9 nitrogen and oxygen atoms in total. The maximum absolute atomic E-state index is 14.0. The summed E-state index contributed by atoms with van der Waals surface area (Å²) in [5.74, 6) is 0. The number of allylic oxidation sites excluding steroid dienone is 4. The quantitative estimate of drug-likeness (QED) is 0.297. The van der Waals surface area contributed by atoms with Crippen LogP contribution in [0.4, 0.5) is 13.2 Å². The minimum atomic E-state index is -5.03. The average molecular weight is 423 g/mol. The molecule has 0 amide bonds. The van der Waals surface area contributed by atoms with Gasteiger partial charge in [-0.15, -0.1) is 13.2 Å². The standard InChI is InChI=1S/C17H26F3N5O4/c1-21(2)11-5-7-13-15(24(26)27)9-10-16(25(28)29)14(8-6-12-22(3)4)23(13)17(18,19)20/h9-10H,5-8,11-12H2,1-4H3/p+2. The Labute approximate surface area is 167 Å². The summed E-state index contributed by atoms with van der Waals surface area (Å²) >= 11 is 0. The van der Waals surface area contributed by atoms with Gasteiger partial charge in [0.1, 0.15) is 11.4 Å². The van der Waals surface area contributed by atoms with Crippen molar-refractivity contribution >= 4 is 0 Å². The first kappa shape index (κ1) is 24.6. The van der Waals surface area contributed by atoms with Crippen LogP contribution < -0.4 is 9.80 Å². The zero-order chi connectivity index (χ0) is 22.4. The summed E-state index contributed by atoms with van der Waals surface area (Å²) in [6.45, 7) is 0.990. The molecule has 0 bridgehead atoms. The van der Waals surface area contributed by atoms with Crippen LogP contribution in [0.1, 0.15) is 25.7 Å². The van der Waals surface area contributed by atoms with Crippen molar-refractivity contribution in [1.82, 2.24) is 4.90 Å². The van der Waals surface area contributed by atoms with Crippen LogP contribution in [0.25, 0.3) is 0 Å². The van der Waals surface area contributed by atoms with Gasteiger partial charge in [-0.1, -0.05) is 0 Å². The number of nitro groups is 2. The van der Waals surface area contributed by atoms with Crippen molar-refractivity contribution in [3.63, 3.8) is 0 Å². The number of alkyl halides is 3. The van der Waals surface area contributed by atoms with E-state index in [1.54, 1.807) is 0 Å². The number of hydrogen-bond donors (Lipinski definition) is 2. The van der Waals surface area contributed by atoms with Gasteiger partial charge in [-0.25, -0.2) is 4.90 Å². The fourth-order valence-electron chi connectivity index (χ4n) is 3.08. The molecule has 0 fully saturated rings. The Morgan fingerprint density at radius 2 is 1.21 bits per heavy atom. The van der Waals surface area contributed by atoms with Crippen molar-refractivity contribution in [2.75, 3.05) is 41.3 Å². The second kappa shape index (κ2) is 10.3. The molecule has 0 aromatic rings. The molecule has 1 rings (SSSR count). The highest BCUT2D eigenvalue weighted by Crippen LogP contribution is 2.39. The molecule has 0 aliphatic carbocycles. The third-order valence-corrected chi connectivity index (χ3v) is 4.36. The normalized spacial score (nSPS) is 15.6. The summed E-state index contributed by atoms with van der Waals surface area (Å²) in [6, 6.07) is 0. The van der Waals surface area contributed by atoms with E-state index in [1.807, 2.05) is 28.2 Å². The van der Waals surface area contributed by atoms with Crippen LogP contribution in [0.2, 0.25) is 0 Å². The van der Waals surface area contributed by atoms with Crippen molar-refractivity contribution < 1.29 is 32.8 Å². The van der Waals surface area contributed by atoms with Crippen molar-refractivity contribution in [3.05, 3.63) is 55.2 Å². The molecule has 0 aromatic carbocycles. The number of rotatable bonds is 10. The van der Waals surface area contributed by atoms with Crippen LogP contribution in [0.3, 0.4) is 0 Å². The number of nitrogens with one attached hydrogen (secondary N) is 2. The lowest BCUT2D eigenvalue weighted by Gasteiger charge is -2.30. The van der Waals surface area contributed by atoms with Crippen LogP contribution in [-0.4, -0.2) is 62.3 Å². The van der Waals surface area contributed by atoms with E-state index in [2.05, 4.69) is 0 Å². The monoisotopic (exact) mass is 423 g/mol. The Balaban J connectivity index is 3.55. The van der Waals surface area contributed by atoms with E-state index in [0.717, 1.165) is 22.0 Å². The third-order valence-electron chi connectivity index (χ3n) is 4.36. The zero-order valence-electron chi connectivity index (χ0n) is 17.0. The molecule has 0 aromatic heterocycles. The number of nitrogens with zero attached hydrogens (tertiary/aromatic N) is 3. The number of halogens is 3. The van der Waals surface area contributed by atoms with Gasteiger partial charge in [-0.3, -0.25) is 20.2 Å². The molecule has 0 unspecified atom stereocenters. The van der Waals surface area contributed by atoms with Crippen molar-refractivity contribution in [2.24, 2.45) is 0 Å². The zero-order valence-corrected chi connectivity index (χ0v) is 17.0. The summed E-state index contributed by atoms with van der Waals surface area (Å²) < 4.78 is 42.1. The maximum atomic E-state index is 14.0. The molecule has 0 atom stereocenters. The first-order chi connectivity index (χ1) is 13.4. The molecule has 12 heteroatoms. The fraction of sp³-hybridized carbons (Fsp3) is 0.647. The molecule has 1 aliphatic heterocycles. The van der Waals surface area contributed by atoms with Crippen LogP contribution in [-0.2, 0) is 0 Å². The van der Waals surface area contributed by atoms with Gasteiger partial charge in [-0.2, -0.15) is 0 Å². The molecular weight excluding hydrogens is 395 g/mol. The van der Waals surface area contributed by atoms with Gasteiger partial charge in [0.2, 0.25) is 0 Å². The Hall–Kier alpha value is -2.47. The average Bonchev–Trinajstić information content (AvgIpc) is 2.71. The summed E-state index contributed by atoms with van der Waals surface area (Å²) in [6.07, 6.45) is -3.35. The van der Waals surface area contributed by atoms with E-state index in [-0.39, 0.29) is 30.6 Å². The number of hydrogen-bond acceptors (Lipinski definition) is 5. The Bertz CT molecular complexity index is 662. The van der Waals surface area contributed by atoms with E-state index >= 15 is 0 Å². The van der Waals surface area contributed by atoms with Crippen LogP contribution in [0, 0.1) is 20.2 Å². The highest BCUT2D eigenvalue weighted by molar-refractivity contribution is 5.34. The predicted octanol–water partition coefficient (Wildman–Crippen LogP) is 0.204. The molecule has 0 spiro atoms. The molecule has 0 saturated carbocycles. The van der Waals surface area contributed by atoms with E-state index in [9.17, 15) is 33.4 Å². The van der Waals surface area contributed by atoms with Crippen molar-refractivity contribution in [2.45, 2.75) is 32.0 Å². The molecule has 1 heterocycles. The Kier molecular flexibility index (Phi) is 8.77. The largest absolute Gasteiger partial charge is 0.489 e. The SMILES string of the molecule is C[NH+](C)CCCC1=C([N+](=O)[O-])C=CC([N+](=O)[O-])=C(CCC[NH+](C)C)N1C(F)(F)F. The van der Waals surface area contributed by atoms with Gasteiger partial charge < -0.3 is 9.80 Å². The van der Waals surface area contributed by atoms with E-state index < -0.39 is 38.9 Å². The van der Waals surface area contributed by atoms with Gasteiger partial charge in [0, 0.05) is 37.8 Å². The van der Waals surface area contributed by atoms with Crippen LogP contribution in [0.15, 0.2) is 34.9 Å². The van der Waals surface area contributed by atoms with Crippen molar-refractivity contribution in [1.29, 1.82) is 0 Å². The molecule has 164 valence electrons. The third kappa shape index (κ3) is 7.13. The van der Waals surface area contributed by atoms with Crippen molar-refractivity contribution in [3.8, 4) is 0 Å². The lowest BCUT2D eigenvalue weighted by Crippen LogP contribution is -3.05. The van der Waals surface area contributed by atoms with Gasteiger partial charge in [0.05, 0.1) is 51.1 Å². The fourth-order valence-corrected chi connectivity index (χ4v) is 3.08. The predicted molar refractivity (Wildman–Crippen MR) is 98.9 cm³/mol. The molecular formula is C17H28F3N5O4+2. The number of quaternary nitrogens is 2. The molecule has 2 N–H and O–H groups in total. The first-order valence-corrected chi connectivity index (χ1v) is 9.24. The first-order valence-electron chi connectivity index (χ1n) is 9.24. The molecule has 29 heavy (non-hydrogen) atoms. The highest BCUT2D eigenvalue weighted by Gasteiger charge is 2.47.